The van der Waals surface area contributed by atoms with Crippen LogP contribution in [0, 0.1) is 11.3 Å². The Kier molecular flexibility index (Phi) is 4.59. The Balaban J connectivity index is 2.18. The van der Waals surface area contributed by atoms with E-state index in [4.69, 9.17) is 0 Å². The van der Waals surface area contributed by atoms with Crippen LogP contribution in [0.3, 0.4) is 0 Å². The predicted octanol–water partition coefficient (Wildman–Crippen LogP) is 1.87. The quantitative estimate of drug-likeness (QED) is 0.881. The van der Waals surface area contributed by atoms with Gasteiger partial charge in [-0.05, 0) is 31.0 Å². The molecular formula is C15H19N3O2. The third kappa shape index (κ3) is 3.28. The largest absolute Gasteiger partial charge is 0.393 e. The number of nitriles is 1. The number of nitrogens with zero attached hydrogens (tertiary/aromatic N) is 2. The Morgan fingerprint density at radius 3 is 2.80 bits per heavy atom. The molecule has 1 aromatic carbocycles. The zero-order chi connectivity index (χ0) is 14.5. The number of hydrogen-bond donors (Lipinski definition) is 2. The number of carbonyl (C=O) groups excluding carboxylic acids is 1. The molecule has 0 unspecified atom stereocenters. The topological polar surface area (TPSA) is 76.4 Å². The van der Waals surface area contributed by atoms with Crippen molar-refractivity contribution in [3.05, 3.63) is 23.8 Å². The molecule has 1 saturated heterocycles. The zero-order valence-corrected chi connectivity index (χ0v) is 11.6. The molecule has 2 rings (SSSR count). The molecule has 1 amide bonds. The second-order valence-corrected chi connectivity index (χ2v) is 4.96. The van der Waals surface area contributed by atoms with E-state index in [0.717, 1.165) is 31.6 Å². The van der Waals surface area contributed by atoms with Crippen molar-refractivity contribution in [1.82, 2.24) is 0 Å². The molecule has 1 fully saturated rings. The minimum atomic E-state index is -0.236. The summed E-state index contributed by atoms with van der Waals surface area (Å²) >= 11 is 0. The Labute approximate surface area is 118 Å². The fourth-order valence-corrected chi connectivity index (χ4v) is 2.34. The second kappa shape index (κ2) is 6.40. The van der Waals surface area contributed by atoms with Crippen LogP contribution in [-0.4, -0.2) is 30.2 Å². The SMILES string of the molecule is CCC(=O)Nc1ccc(N2CCC(O)CC2)c(C#N)c1. The van der Waals surface area contributed by atoms with Crippen molar-refractivity contribution in [2.45, 2.75) is 32.3 Å². The Morgan fingerprint density at radius 2 is 2.20 bits per heavy atom. The molecular weight excluding hydrogens is 254 g/mol. The number of aliphatic hydroxyl groups excluding tert-OH is 1. The highest BCUT2D eigenvalue weighted by Gasteiger charge is 2.19. The van der Waals surface area contributed by atoms with Crippen LogP contribution in [0.5, 0.6) is 0 Å². The number of nitrogens with one attached hydrogen (secondary N) is 1. The Bertz CT molecular complexity index is 528. The highest BCUT2D eigenvalue weighted by atomic mass is 16.3. The van der Waals surface area contributed by atoms with Crippen molar-refractivity contribution in [3.8, 4) is 6.07 Å². The molecule has 5 heteroatoms. The molecule has 1 aliphatic heterocycles. The van der Waals surface area contributed by atoms with Crippen LogP contribution in [0.15, 0.2) is 18.2 Å². The number of carbonyl (C=O) groups is 1. The Morgan fingerprint density at radius 1 is 1.50 bits per heavy atom. The lowest BCUT2D eigenvalue weighted by Gasteiger charge is -2.32. The molecule has 106 valence electrons. The summed E-state index contributed by atoms with van der Waals surface area (Å²) in [5.74, 6) is -0.0669. The van der Waals surface area contributed by atoms with Gasteiger partial charge in [0.1, 0.15) is 6.07 Å². The smallest absolute Gasteiger partial charge is 0.224 e. The van der Waals surface area contributed by atoms with Gasteiger partial charge < -0.3 is 15.3 Å². The van der Waals surface area contributed by atoms with E-state index in [2.05, 4.69) is 16.3 Å². The first-order valence-corrected chi connectivity index (χ1v) is 6.91. The normalized spacial score (nSPS) is 15.8. The average Bonchev–Trinajstić information content (AvgIpc) is 2.48. The van der Waals surface area contributed by atoms with Gasteiger partial charge >= 0.3 is 0 Å². The van der Waals surface area contributed by atoms with Crippen molar-refractivity contribution < 1.29 is 9.90 Å². The molecule has 5 nitrogen and oxygen atoms in total. The summed E-state index contributed by atoms with van der Waals surface area (Å²) in [6, 6.07) is 7.56. The highest BCUT2D eigenvalue weighted by molar-refractivity contribution is 5.91. The third-order valence-electron chi connectivity index (χ3n) is 3.53. The second-order valence-electron chi connectivity index (χ2n) is 4.96. The van der Waals surface area contributed by atoms with Gasteiger partial charge in [-0.3, -0.25) is 4.79 Å². The number of anilines is 2. The molecule has 0 saturated carbocycles. The summed E-state index contributed by atoms with van der Waals surface area (Å²) in [6.07, 6.45) is 1.62. The maximum atomic E-state index is 11.4. The first kappa shape index (κ1) is 14.4. The molecule has 0 aliphatic carbocycles. The molecule has 20 heavy (non-hydrogen) atoms. The van der Waals surface area contributed by atoms with Gasteiger partial charge in [-0.2, -0.15) is 5.26 Å². The molecule has 2 N–H and O–H groups in total. The number of rotatable bonds is 3. The molecule has 0 atom stereocenters. The van der Waals surface area contributed by atoms with Crippen molar-refractivity contribution in [3.63, 3.8) is 0 Å². The molecule has 1 aromatic rings. The fraction of sp³-hybridized carbons (Fsp3) is 0.467. The minimum Gasteiger partial charge on any atom is -0.393 e. The van der Waals surface area contributed by atoms with Gasteiger partial charge in [0.05, 0.1) is 17.4 Å². The average molecular weight is 273 g/mol. The number of benzene rings is 1. The van der Waals surface area contributed by atoms with Crippen LogP contribution < -0.4 is 10.2 Å². The van der Waals surface area contributed by atoms with Crippen LogP contribution in [-0.2, 0) is 4.79 Å². The summed E-state index contributed by atoms with van der Waals surface area (Å²) in [5, 5.41) is 21.6. The van der Waals surface area contributed by atoms with Gasteiger partial charge in [0.15, 0.2) is 0 Å². The summed E-state index contributed by atoms with van der Waals surface area (Å²) in [4.78, 5) is 13.5. The van der Waals surface area contributed by atoms with Crippen LogP contribution >= 0.6 is 0 Å². The van der Waals surface area contributed by atoms with E-state index in [1.165, 1.54) is 0 Å². The van der Waals surface area contributed by atoms with Crippen molar-refractivity contribution >= 4 is 17.3 Å². The molecule has 1 aliphatic rings. The molecule has 0 spiro atoms. The third-order valence-corrected chi connectivity index (χ3v) is 3.53. The minimum absolute atomic E-state index is 0.0669. The molecule has 0 bridgehead atoms. The van der Waals surface area contributed by atoms with E-state index >= 15 is 0 Å². The van der Waals surface area contributed by atoms with E-state index in [9.17, 15) is 15.2 Å². The van der Waals surface area contributed by atoms with Gasteiger partial charge in [0.2, 0.25) is 5.91 Å². The van der Waals surface area contributed by atoms with E-state index < -0.39 is 0 Å². The fourth-order valence-electron chi connectivity index (χ4n) is 2.34. The van der Waals surface area contributed by atoms with Crippen LogP contribution in [0.2, 0.25) is 0 Å². The first-order chi connectivity index (χ1) is 9.63. The summed E-state index contributed by atoms with van der Waals surface area (Å²) in [6.45, 7) is 3.28. The van der Waals surface area contributed by atoms with Crippen LogP contribution in [0.25, 0.3) is 0 Å². The summed E-state index contributed by atoms with van der Waals surface area (Å²) < 4.78 is 0. The number of amides is 1. The molecule has 1 heterocycles. The van der Waals surface area contributed by atoms with Gasteiger partial charge in [-0.25, -0.2) is 0 Å². The van der Waals surface area contributed by atoms with Crippen molar-refractivity contribution in [1.29, 1.82) is 5.26 Å². The van der Waals surface area contributed by atoms with E-state index in [0.29, 0.717) is 17.7 Å². The van der Waals surface area contributed by atoms with Gasteiger partial charge in [-0.1, -0.05) is 6.92 Å². The van der Waals surface area contributed by atoms with Gasteiger partial charge in [-0.15, -0.1) is 0 Å². The van der Waals surface area contributed by atoms with Crippen LogP contribution in [0.4, 0.5) is 11.4 Å². The van der Waals surface area contributed by atoms with Gasteiger partial charge in [0.25, 0.3) is 0 Å². The lowest BCUT2D eigenvalue weighted by atomic mass is 10.0. The lowest BCUT2D eigenvalue weighted by molar-refractivity contribution is -0.115. The van der Waals surface area contributed by atoms with Crippen LogP contribution in [0.1, 0.15) is 31.7 Å². The zero-order valence-electron chi connectivity index (χ0n) is 11.6. The predicted molar refractivity (Wildman–Crippen MR) is 77.5 cm³/mol. The van der Waals surface area contributed by atoms with Crippen molar-refractivity contribution in [2.75, 3.05) is 23.3 Å². The number of hydrogen-bond acceptors (Lipinski definition) is 4. The van der Waals surface area contributed by atoms with Crippen molar-refractivity contribution in [2.24, 2.45) is 0 Å². The number of aliphatic hydroxyl groups is 1. The summed E-state index contributed by atoms with van der Waals surface area (Å²) in [5.41, 5.74) is 2.07. The standard InChI is InChI=1S/C15H19N3O2/c1-2-15(20)17-12-3-4-14(11(9-12)10-16)18-7-5-13(19)6-8-18/h3-4,9,13,19H,2,5-8H2,1H3,(H,17,20). The highest BCUT2D eigenvalue weighted by Crippen LogP contribution is 2.26. The maximum absolute atomic E-state index is 11.4. The van der Waals surface area contributed by atoms with E-state index in [1.807, 2.05) is 12.1 Å². The van der Waals surface area contributed by atoms with E-state index in [1.54, 1.807) is 13.0 Å². The molecule has 0 radical (unpaired) electrons. The van der Waals surface area contributed by atoms with Gasteiger partial charge in [0, 0.05) is 25.2 Å². The number of piperidine rings is 1. The Hall–Kier alpha value is -2.06. The monoisotopic (exact) mass is 273 g/mol. The maximum Gasteiger partial charge on any atom is 0.224 e. The first-order valence-electron chi connectivity index (χ1n) is 6.91. The van der Waals surface area contributed by atoms with E-state index in [-0.39, 0.29) is 12.0 Å². The molecule has 0 aromatic heterocycles. The summed E-state index contributed by atoms with van der Waals surface area (Å²) in [7, 11) is 0. The lowest BCUT2D eigenvalue weighted by Crippen LogP contribution is -2.36.